The van der Waals surface area contributed by atoms with E-state index in [4.69, 9.17) is 4.74 Å². The molecular weight excluding hydrogens is 506 g/mol. The van der Waals surface area contributed by atoms with Crippen molar-refractivity contribution in [1.29, 1.82) is 0 Å². The normalized spacial score (nSPS) is 24.9. The summed E-state index contributed by atoms with van der Waals surface area (Å²) in [5.41, 5.74) is 4.08. The molecule has 0 bridgehead atoms. The number of fused-ring (bicyclic) bond motifs is 2. The van der Waals surface area contributed by atoms with Gasteiger partial charge in [0.05, 0.1) is 7.11 Å². The lowest BCUT2D eigenvalue weighted by molar-refractivity contribution is -0.141. The fourth-order valence-electron chi connectivity index (χ4n) is 8.55. The molecule has 3 aliphatic heterocycles. The monoisotopic (exact) mass is 549 g/mol. The molecule has 0 unspecified atom stereocenters. The molecule has 3 saturated heterocycles. The molecule has 4 atom stereocenters. The smallest absolute Gasteiger partial charge is 0.305 e. The van der Waals surface area contributed by atoms with Crippen LogP contribution in [0, 0.1) is 11.8 Å². The maximum atomic E-state index is 12.0. The Hall–Kier alpha value is -3.15. The van der Waals surface area contributed by atoms with Gasteiger partial charge in [0.15, 0.2) is 0 Å². The minimum Gasteiger partial charge on any atom is -0.469 e. The summed E-state index contributed by atoms with van der Waals surface area (Å²) in [6.07, 6.45) is 10.2. The molecule has 5 nitrogen and oxygen atoms in total. The van der Waals surface area contributed by atoms with Crippen LogP contribution in [-0.4, -0.2) is 59.2 Å². The van der Waals surface area contributed by atoms with Gasteiger partial charge in [-0.1, -0.05) is 54.6 Å². The first-order valence-corrected chi connectivity index (χ1v) is 15.8. The van der Waals surface area contributed by atoms with E-state index in [9.17, 15) is 4.79 Å². The maximum absolute atomic E-state index is 12.0. The summed E-state index contributed by atoms with van der Waals surface area (Å²) >= 11 is 0. The predicted molar refractivity (Wildman–Crippen MR) is 166 cm³/mol. The lowest BCUT2D eigenvalue weighted by Gasteiger charge is -2.57. The summed E-state index contributed by atoms with van der Waals surface area (Å²) in [5, 5.41) is 3.96. The third kappa shape index (κ3) is 5.30. The van der Waals surface area contributed by atoms with Crippen molar-refractivity contribution in [3.8, 4) is 0 Å². The first-order chi connectivity index (χ1) is 20.2. The molecule has 214 valence electrons. The Balaban J connectivity index is 1.18. The fourth-order valence-corrected chi connectivity index (χ4v) is 8.55. The first-order valence-electron chi connectivity index (χ1n) is 15.8. The highest BCUT2D eigenvalue weighted by atomic mass is 16.5. The molecule has 41 heavy (non-hydrogen) atoms. The molecule has 3 aromatic carbocycles. The van der Waals surface area contributed by atoms with Crippen LogP contribution in [0.25, 0.3) is 21.7 Å². The van der Waals surface area contributed by atoms with Gasteiger partial charge in [0.25, 0.3) is 0 Å². The van der Waals surface area contributed by atoms with Gasteiger partial charge < -0.3 is 9.30 Å². The standard InChI is InChI=1S/C36H43N3O2/c1-41-35(40)16-6-15-34-32-13-8-20-37-19-7-11-29(36(32)37)23-39(34)25-30-24-38(33-14-5-4-12-31(30)33)22-26-17-18-27-9-2-3-10-28(27)21-26/h2-5,9-10,12,14,17-18,21,24,29,32,34,36H,6-8,11,13,15-16,19-20,22-23,25H2,1H3/t29-,32-,34-,36+/m1/s1. The number of aromatic nitrogens is 1. The van der Waals surface area contributed by atoms with Crippen LogP contribution in [0.3, 0.4) is 0 Å². The number of esters is 1. The molecule has 3 fully saturated rings. The number of likely N-dealkylation sites (tertiary alicyclic amines) is 1. The quantitative estimate of drug-likeness (QED) is 0.225. The van der Waals surface area contributed by atoms with E-state index < -0.39 is 0 Å². The predicted octanol–water partition coefficient (Wildman–Crippen LogP) is 6.86. The van der Waals surface area contributed by atoms with E-state index in [1.54, 1.807) is 0 Å². The number of hydrogen-bond donors (Lipinski definition) is 0. The largest absolute Gasteiger partial charge is 0.469 e. The van der Waals surface area contributed by atoms with Crippen LogP contribution < -0.4 is 0 Å². The number of nitrogens with zero attached hydrogens (tertiary/aromatic N) is 3. The molecule has 0 saturated carbocycles. The topological polar surface area (TPSA) is 37.7 Å². The number of ether oxygens (including phenoxy) is 1. The molecule has 0 N–H and O–H groups in total. The Morgan fingerprint density at radius 3 is 2.61 bits per heavy atom. The van der Waals surface area contributed by atoms with E-state index in [-0.39, 0.29) is 5.97 Å². The summed E-state index contributed by atoms with van der Waals surface area (Å²) in [6.45, 7) is 5.57. The highest BCUT2D eigenvalue weighted by molar-refractivity contribution is 5.85. The van der Waals surface area contributed by atoms with Crippen LogP contribution in [0.4, 0.5) is 0 Å². The fraction of sp³-hybridized carbons (Fsp3) is 0.472. The van der Waals surface area contributed by atoms with E-state index in [0.717, 1.165) is 37.9 Å². The summed E-state index contributed by atoms with van der Waals surface area (Å²) in [5.74, 6) is 1.38. The van der Waals surface area contributed by atoms with Gasteiger partial charge in [-0.3, -0.25) is 14.6 Å². The Morgan fingerprint density at radius 1 is 0.927 bits per heavy atom. The number of hydrogen-bond acceptors (Lipinski definition) is 4. The Labute approximate surface area is 244 Å². The minimum atomic E-state index is -0.0788. The summed E-state index contributed by atoms with van der Waals surface area (Å²) in [6, 6.07) is 25.7. The lowest BCUT2D eigenvalue weighted by Crippen LogP contribution is -2.64. The van der Waals surface area contributed by atoms with Crippen molar-refractivity contribution in [3.63, 3.8) is 0 Å². The Bertz CT molecular complexity index is 1520. The molecule has 4 aromatic rings. The molecular formula is C36H43N3O2. The van der Waals surface area contributed by atoms with Crippen LogP contribution in [0.2, 0.25) is 0 Å². The third-order valence-corrected chi connectivity index (χ3v) is 10.3. The number of rotatable bonds is 8. The van der Waals surface area contributed by atoms with E-state index in [0.29, 0.717) is 18.4 Å². The van der Waals surface area contributed by atoms with Gasteiger partial charge in [-0.15, -0.1) is 0 Å². The first kappa shape index (κ1) is 26.7. The summed E-state index contributed by atoms with van der Waals surface area (Å²) < 4.78 is 7.44. The van der Waals surface area contributed by atoms with Crippen LogP contribution in [-0.2, 0) is 22.6 Å². The summed E-state index contributed by atoms with van der Waals surface area (Å²) in [4.78, 5) is 17.6. The van der Waals surface area contributed by atoms with E-state index in [1.807, 2.05) is 0 Å². The van der Waals surface area contributed by atoms with Crippen LogP contribution in [0.5, 0.6) is 0 Å². The molecule has 0 radical (unpaired) electrons. The lowest BCUT2D eigenvalue weighted by atomic mass is 9.69. The van der Waals surface area contributed by atoms with Gasteiger partial charge in [0.2, 0.25) is 0 Å². The SMILES string of the molecule is COC(=O)CCC[C@@H]1[C@H]2CCCN3CCC[C@H](CN1Cc1cn(Cc4ccc5ccccc5c4)c4ccccc14)[C@@H]23. The van der Waals surface area contributed by atoms with Crippen molar-refractivity contribution in [2.75, 3.05) is 26.7 Å². The van der Waals surface area contributed by atoms with E-state index >= 15 is 0 Å². The van der Waals surface area contributed by atoms with E-state index in [1.165, 1.54) is 85.2 Å². The number of carbonyl (C=O) groups is 1. The maximum Gasteiger partial charge on any atom is 0.305 e. The van der Waals surface area contributed by atoms with Crippen LogP contribution in [0.1, 0.15) is 56.1 Å². The van der Waals surface area contributed by atoms with Crippen molar-refractivity contribution >= 4 is 27.6 Å². The second-order valence-electron chi connectivity index (χ2n) is 12.7. The second kappa shape index (κ2) is 11.6. The molecule has 4 heterocycles. The third-order valence-electron chi connectivity index (χ3n) is 10.3. The van der Waals surface area contributed by atoms with Gasteiger partial charge in [0, 0.05) is 55.2 Å². The van der Waals surface area contributed by atoms with Crippen LogP contribution >= 0.6 is 0 Å². The number of piperidine rings is 3. The highest BCUT2D eigenvalue weighted by Gasteiger charge is 2.48. The highest BCUT2D eigenvalue weighted by Crippen LogP contribution is 2.44. The van der Waals surface area contributed by atoms with Crippen molar-refractivity contribution in [2.45, 2.75) is 70.1 Å². The molecule has 0 spiro atoms. The number of benzene rings is 3. The molecule has 7 rings (SSSR count). The average Bonchev–Trinajstić information content (AvgIpc) is 3.35. The number of para-hydroxylation sites is 1. The molecule has 0 amide bonds. The van der Waals surface area contributed by atoms with Crippen molar-refractivity contribution in [2.24, 2.45) is 11.8 Å². The zero-order valence-corrected chi connectivity index (χ0v) is 24.4. The average molecular weight is 550 g/mol. The zero-order valence-electron chi connectivity index (χ0n) is 24.4. The molecule has 0 aliphatic carbocycles. The summed E-state index contributed by atoms with van der Waals surface area (Å²) in [7, 11) is 1.51. The Kier molecular flexibility index (Phi) is 7.57. The number of methoxy groups -OCH3 is 1. The van der Waals surface area contributed by atoms with Gasteiger partial charge >= 0.3 is 5.97 Å². The van der Waals surface area contributed by atoms with Crippen molar-refractivity contribution in [1.82, 2.24) is 14.4 Å². The van der Waals surface area contributed by atoms with Gasteiger partial charge in [-0.25, -0.2) is 0 Å². The second-order valence-corrected chi connectivity index (χ2v) is 12.7. The zero-order chi connectivity index (χ0) is 27.8. The van der Waals surface area contributed by atoms with Crippen molar-refractivity contribution < 1.29 is 9.53 Å². The van der Waals surface area contributed by atoms with Gasteiger partial charge in [-0.05, 0) is 97.5 Å². The Morgan fingerprint density at radius 2 is 1.73 bits per heavy atom. The van der Waals surface area contributed by atoms with Crippen molar-refractivity contribution in [3.05, 3.63) is 84.1 Å². The minimum absolute atomic E-state index is 0.0788. The number of carbonyl (C=O) groups excluding carboxylic acids is 1. The van der Waals surface area contributed by atoms with E-state index in [2.05, 4.69) is 87.3 Å². The molecule has 3 aliphatic rings. The van der Waals surface area contributed by atoms with Crippen LogP contribution in [0.15, 0.2) is 72.9 Å². The van der Waals surface area contributed by atoms with Gasteiger partial charge in [-0.2, -0.15) is 0 Å². The van der Waals surface area contributed by atoms with Gasteiger partial charge in [0.1, 0.15) is 0 Å². The molecule has 5 heteroatoms. The molecule has 1 aromatic heterocycles.